The van der Waals surface area contributed by atoms with Crippen molar-refractivity contribution in [3.63, 3.8) is 0 Å². The predicted octanol–water partition coefficient (Wildman–Crippen LogP) is 2.66. The summed E-state index contributed by atoms with van der Waals surface area (Å²) >= 11 is 0. The van der Waals surface area contributed by atoms with E-state index in [9.17, 15) is 0 Å². The molecule has 0 aliphatic heterocycles. The Morgan fingerprint density at radius 3 is 2.27 bits per heavy atom. The molecule has 1 fully saturated rings. The average Bonchev–Trinajstić information content (AvgIpc) is 2.13. The molecule has 0 aromatic heterocycles. The van der Waals surface area contributed by atoms with Crippen LogP contribution in [0.25, 0.3) is 0 Å². The topological polar surface area (TPSA) is 0 Å². The molecule has 0 aromatic rings. The van der Waals surface area contributed by atoms with Crippen LogP contribution in [0.1, 0.15) is 26.7 Å². The van der Waals surface area contributed by atoms with Crippen LogP contribution >= 0.6 is 0 Å². The van der Waals surface area contributed by atoms with Gasteiger partial charge in [-0.3, -0.25) is 0 Å². The van der Waals surface area contributed by atoms with Crippen molar-refractivity contribution in [3.8, 4) is 0 Å². The third-order valence-electron chi connectivity index (χ3n) is 2.35. The largest absolute Gasteiger partial charge is 0.358 e. The van der Waals surface area contributed by atoms with E-state index in [1.54, 1.807) is 0 Å². The number of rotatable bonds is 1. The Kier molecular flexibility index (Phi) is 8.89. The SMILES string of the molecule is [B][C@@H]1C[C@H](CC)[CH-]C1C.[CH3-].[Y]. The van der Waals surface area contributed by atoms with E-state index in [0.29, 0.717) is 11.7 Å². The monoisotopic (exact) mass is 225 g/mol. The fraction of sp³-hybridized carbons (Fsp3) is 0.778. The molecule has 0 heterocycles. The zero-order chi connectivity index (χ0) is 6.85. The smallest absolute Gasteiger partial charge is 0.0667 e. The van der Waals surface area contributed by atoms with Crippen molar-refractivity contribution in [1.82, 2.24) is 0 Å². The maximum atomic E-state index is 5.81. The van der Waals surface area contributed by atoms with Crippen LogP contribution in [-0.2, 0) is 32.7 Å². The Morgan fingerprint density at radius 1 is 1.55 bits per heavy atom. The van der Waals surface area contributed by atoms with Gasteiger partial charge in [-0.1, -0.05) is 26.7 Å². The van der Waals surface area contributed by atoms with E-state index >= 15 is 0 Å². The first-order chi connectivity index (χ1) is 4.24. The standard InChI is InChI=1S/C8H14B.CH3.Y/c1-3-7-4-6(2)8(9)5-7;;/h4,6-8H,3,5H2,1-2H3;1H3;/q2*-1;/t6?,7-,8-;;/m1../s1. The zero-order valence-corrected chi connectivity index (χ0v) is 10.7. The van der Waals surface area contributed by atoms with Crippen LogP contribution in [-0.4, -0.2) is 7.85 Å². The molecule has 0 nitrogen and oxygen atoms in total. The summed E-state index contributed by atoms with van der Waals surface area (Å²) in [6, 6.07) is 0. The van der Waals surface area contributed by atoms with E-state index < -0.39 is 0 Å². The molecule has 1 aliphatic carbocycles. The minimum Gasteiger partial charge on any atom is -0.358 e. The van der Waals surface area contributed by atoms with Gasteiger partial charge < -0.3 is 13.8 Å². The summed E-state index contributed by atoms with van der Waals surface area (Å²) in [5, 5.41) is 0. The van der Waals surface area contributed by atoms with Crippen molar-refractivity contribution in [2.24, 2.45) is 11.8 Å². The van der Waals surface area contributed by atoms with Crippen molar-refractivity contribution in [3.05, 3.63) is 13.8 Å². The summed E-state index contributed by atoms with van der Waals surface area (Å²) in [6.07, 6.45) is 4.86. The molecule has 61 valence electrons. The summed E-state index contributed by atoms with van der Waals surface area (Å²) in [5.74, 6) is 1.89. The zero-order valence-electron chi connectivity index (χ0n) is 7.88. The minimum absolute atomic E-state index is 0. The molecule has 3 radical (unpaired) electrons. The van der Waals surface area contributed by atoms with Gasteiger partial charge in [0.25, 0.3) is 0 Å². The summed E-state index contributed by atoms with van der Waals surface area (Å²) < 4.78 is 0. The molecular weight excluding hydrogens is 208 g/mol. The van der Waals surface area contributed by atoms with Gasteiger partial charge in [0, 0.05) is 32.7 Å². The van der Waals surface area contributed by atoms with Gasteiger partial charge in [-0.05, 0) is 0 Å². The molecule has 1 unspecified atom stereocenters. The summed E-state index contributed by atoms with van der Waals surface area (Å²) in [6.45, 7) is 4.44. The first kappa shape index (κ1) is 14.7. The Hall–Kier alpha value is 1.17. The maximum Gasteiger partial charge on any atom is 0.0667 e. The minimum atomic E-state index is 0. The summed E-state index contributed by atoms with van der Waals surface area (Å²) in [5.41, 5.74) is 0. The van der Waals surface area contributed by atoms with Gasteiger partial charge in [-0.25, -0.2) is 0 Å². The molecule has 0 aromatic carbocycles. The van der Waals surface area contributed by atoms with Crippen molar-refractivity contribution in [2.45, 2.75) is 32.5 Å². The first-order valence-corrected chi connectivity index (χ1v) is 3.84. The molecule has 0 bridgehead atoms. The van der Waals surface area contributed by atoms with E-state index in [1.165, 1.54) is 12.8 Å². The Bertz CT molecular complexity index is 85.6. The van der Waals surface area contributed by atoms with Crippen LogP contribution in [0.15, 0.2) is 0 Å². The van der Waals surface area contributed by atoms with E-state index in [-0.39, 0.29) is 40.1 Å². The second-order valence-corrected chi connectivity index (χ2v) is 3.12. The third kappa shape index (κ3) is 4.08. The summed E-state index contributed by atoms with van der Waals surface area (Å²) in [4.78, 5) is 0. The van der Waals surface area contributed by atoms with Crippen LogP contribution in [0.5, 0.6) is 0 Å². The predicted molar refractivity (Wildman–Crippen MR) is 47.8 cm³/mol. The summed E-state index contributed by atoms with van der Waals surface area (Å²) in [7, 11) is 5.81. The van der Waals surface area contributed by atoms with Crippen LogP contribution < -0.4 is 0 Å². The fourth-order valence-electron chi connectivity index (χ4n) is 1.52. The fourth-order valence-corrected chi connectivity index (χ4v) is 1.52. The van der Waals surface area contributed by atoms with Crippen molar-refractivity contribution in [1.29, 1.82) is 0 Å². The molecule has 3 atom stereocenters. The normalized spacial score (nSPS) is 35.6. The van der Waals surface area contributed by atoms with Crippen molar-refractivity contribution >= 4 is 7.85 Å². The van der Waals surface area contributed by atoms with Crippen LogP contribution in [0.2, 0.25) is 5.82 Å². The number of hydrogen-bond acceptors (Lipinski definition) is 0. The van der Waals surface area contributed by atoms with Crippen LogP contribution in [0, 0.1) is 25.7 Å². The van der Waals surface area contributed by atoms with E-state index in [0.717, 1.165) is 5.92 Å². The molecule has 1 aliphatic rings. The molecule has 0 spiro atoms. The third-order valence-corrected chi connectivity index (χ3v) is 2.35. The van der Waals surface area contributed by atoms with Gasteiger partial charge in [-0.2, -0.15) is 11.8 Å². The van der Waals surface area contributed by atoms with E-state index in [1.807, 2.05) is 0 Å². The van der Waals surface area contributed by atoms with Crippen LogP contribution in [0.3, 0.4) is 0 Å². The second kappa shape index (κ2) is 6.66. The van der Waals surface area contributed by atoms with Gasteiger partial charge in [0.15, 0.2) is 0 Å². The van der Waals surface area contributed by atoms with Gasteiger partial charge in [0.2, 0.25) is 0 Å². The molecular formula is C9H17BY-2. The molecule has 0 N–H and O–H groups in total. The molecule has 1 saturated carbocycles. The molecule has 0 amide bonds. The molecule has 0 saturated heterocycles. The van der Waals surface area contributed by atoms with Crippen LogP contribution in [0.4, 0.5) is 0 Å². The number of hydrogen-bond donors (Lipinski definition) is 0. The van der Waals surface area contributed by atoms with E-state index in [4.69, 9.17) is 7.85 Å². The Balaban J connectivity index is 0. The van der Waals surface area contributed by atoms with Gasteiger partial charge >= 0.3 is 0 Å². The Labute approximate surface area is 98.2 Å². The van der Waals surface area contributed by atoms with Gasteiger partial charge in [0.05, 0.1) is 7.85 Å². The maximum absolute atomic E-state index is 5.81. The van der Waals surface area contributed by atoms with Crippen molar-refractivity contribution in [2.75, 3.05) is 0 Å². The molecule has 1 rings (SSSR count). The molecule has 2 heteroatoms. The van der Waals surface area contributed by atoms with Gasteiger partial charge in [0.1, 0.15) is 0 Å². The Morgan fingerprint density at radius 2 is 2.09 bits per heavy atom. The second-order valence-electron chi connectivity index (χ2n) is 3.12. The molecule has 11 heavy (non-hydrogen) atoms. The van der Waals surface area contributed by atoms with Gasteiger partial charge in [-0.15, -0.1) is 5.82 Å². The first-order valence-electron chi connectivity index (χ1n) is 3.84. The van der Waals surface area contributed by atoms with Crippen molar-refractivity contribution < 1.29 is 32.7 Å². The van der Waals surface area contributed by atoms with E-state index in [2.05, 4.69) is 20.3 Å². The quantitative estimate of drug-likeness (QED) is 0.475. The average molecular weight is 225 g/mol.